The predicted octanol–water partition coefficient (Wildman–Crippen LogP) is 4.16. The first-order chi connectivity index (χ1) is 17.0. The van der Waals surface area contributed by atoms with E-state index in [1.54, 1.807) is 47.4 Å². The minimum Gasteiger partial charge on any atom is -0.444 e. The monoisotopic (exact) mass is 510 g/mol. The van der Waals surface area contributed by atoms with Gasteiger partial charge in [0.05, 0.1) is 4.90 Å². The van der Waals surface area contributed by atoms with Gasteiger partial charge in [0.2, 0.25) is 10.0 Å². The molecule has 9 nitrogen and oxygen atoms in total. The number of carbonyl (C=O) groups excluding carboxylic acids is 2. The third-order valence-corrected chi connectivity index (χ3v) is 7.41. The Morgan fingerprint density at radius 1 is 0.972 bits per heavy atom. The lowest BCUT2D eigenvalue weighted by atomic mass is 10.1. The van der Waals surface area contributed by atoms with Crippen LogP contribution in [0.5, 0.6) is 0 Å². The molecule has 1 aliphatic rings. The van der Waals surface area contributed by atoms with E-state index in [0.29, 0.717) is 48.0 Å². The number of ether oxygens (including phenoxy) is 1. The maximum absolute atomic E-state index is 13.4. The van der Waals surface area contributed by atoms with Gasteiger partial charge in [-0.1, -0.05) is 24.3 Å². The van der Waals surface area contributed by atoms with Crippen molar-refractivity contribution in [3.05, 3.63) is 66.5 Å². The molecule has 0 bridgehead atoms. The Kier molecular flexibility index (Phi) is 7.28. The van der Waals surface area contributed by atoms with Crippen LogP contribution in [0, 0.1) is 0 Å². The average Bonchev–Trinajstić information content (AvgIpc) is 2.83. The summed E-state index contributed by atoms with van der Waals surface area (Å²) in [6.45, 7) is 6.25. The Balaban J connectivity index is 1.50. The first-order valence-corrected chi connectivity index (χ1v) is 13.3. The van der Waals surface area contributed by atoms with Gasteiger partial charge < -0.3 is 15.0 Å². The van der Waals surface area contributed by atoms with Gasteiger partial charge in [-0.25, -0.2) is 17.9 Å². The average molecular weight is 511 g/mol. The third kappa shape index (κ3) is 6.00. The Morgan fingerprint density at radius 2 is 1.61 bits per heavy atom. The van der Waals surface area contributed by atoms with Crippen LogP contribution in [-0.4, -0.2) is 55.0 Å². The summed E-state index contributed by atoms with van der Waals surface area (Å²) in [4.78, 5) is 30.6. The number of anilines is 1. The number of nitrogens with one attached hydrogen (secondary N) is 2. The number of sulfonamides is 1. The molecule has 0 unspecified atom stereocenters. The highest BCUT2D eigenvalue weighted by Crippen LogP contribution is 2.30. The Bertz CT molecular complexity index is 1360. The van der Waals surface area contributed by atoms with E-state index in [9.17, 15) is 18.0 Å². The van der Waals surface area contributed by atoms with Crippen molar-refractivity contribution in [3.8, 4) is 0 Å². The number of fused-ring (bicyclic) bond motifs is 1. The number of piperidine rings is 1. The molecular weight excluding hydrogens is 480 g/mol. The SMILES string of the molecule is CC(C)(C)OC(=O)N1CCC(NS(=O)(=O)c2ccc(NC(=O)c3ccncc3)c3ccccc23)CC1. The molecule has 0 radical (unpaired) electrons. The van der Waals surface area contributed by atoms with Gasteiger partial charge in [0, 0.05) is 53.5 Å². The van der Waals surface area contributed by atoms with Crippen LogP contribution in [0.15, 0.2) is 65.8 Å². The maximum Gasteiger partial charge on any atom is 0.410 e. The lowest BCUT2D eigenvalue weighted by Gasteiger charge is -2.33. The topological polar surface area (TPSA) is 118 Å². The standard InChI is InChI=1S/C26H30N4O5S/c1-26(2,3)35-25(32)30-16-12-19(13-17-30)29-36(33,34)23-9-8-22(20-6-4-5-7-21(20)23)28-24(31)18-10-14-27-15-11-18/h4-11,14-15,19,29H,12-13,16-17H2,1-3H3,(H,28,31). The van der Waals surface area contributed by atoms with Gasteiger partial charge in [0.1, 0.15) is 5.60 Å². The van der Waals surface area contributed by atoms with Gasteiger partial charge in [-0.05, 0) is 57.9 Å². The molecule has 4 rings (SSSR count). The summed E-state index contributed by atoms with van der Waals surface area (Å²) in [5.74, 6) is -0.312. The van der Waals surface area contributed by atoms with Crippen LogP contribution in [0.25, 0.3) is 10.8 Å². The van der Waals surface area contributed by atoms with Crippen molar-refractivity contribution in [1.29, 1.82) is 0 Å². The highest BCUT2D eigenvalue weighted by molar-refractivity contribution is 7.89. The first kappa shape index (κ1) is 25.6. The summed E-state index contributed by atoms with van der Waals surface area (Å²) in [6.07, 6.45) is 3.64. The molecule has 2 heterocycles. The summed E-state index contributed by atoms with van der Waals surface area (Å²) < 4.78 is 34.9. The number of aromatic nitrogens is 1. The van der Waals surface area contributed by atoms with E-state index in [4.69, 9.17) is 4.74 Å². The Hall–Kier alpha value is -3.50. The minimum atomic E-state index is -3.86. The van der Waals surface area contributed by atoms with Gasteiger partial charge in [-0.3, -0.25) is 9.78 Å². The molecule has 2 aromatic carbocycles. The maximum atomic E-state index is 13.4. The molecule has 3 aromatic rings. The normalized spacial score (nSPS) is 15.0. The molecule has 1 aliphatic heterocycles. The molecule has 0 saturated carbocycles. The van der Waals surface area contributed by atoms with Crippen LogP contribution < -0.4 is 10.0 Å². The molecule has 0 aliphatic carbocycles. The summed E-state index contributed by atoms with van der Waals surface area (Å²) in [7, 11) is -3.86. The molecule has 0 atom stereocenters. The second kappa shape index (κ2) is 10.2. The number of nitrogens with zero attached hydrogens (tertiary/aromatic N) is 2. The number of hydrogen-bond acceptors (Lipinski definition) is 6. The predicted molar refractivity (Wildman–Crippen MR) is 137 cm³/mol. The van der Waals surface area contributed by atoms with Crippen molar-refractivity contribution in [1.82, 2.24) is 14.6 Å². The quantitative estimate of drug-likeness (QED) is 0.532. The molecule has 1 fully saturated rings. The second-order valence-corrected chi connectivity index (χ2v) is 11.4. The summed E-state index contributed by atoms with van der Waals surface area (Å²) in [5.41, 5.74) is 0.378. The molecular formula is C26H30N4O5S. The molecule has 2 N–H and O–H groups in total. The van der Waals surface area contributed by atoms with Crippen LogP contribution >= 0.6 is 0 Å². The molecule has 1 aromatic heterocycles. The fourth-order valence-electron chi connectivity index (χ4n) is 4.10. The summed E-state index contributed by atoms with van der Waals surface area (Å²) in [5, 5.41) is 3.98. The van der Waals surface area contributed by atoms with Crippen LogP contribution in [0.3, 0.4) is 0 Å². The van der Waals surface area contributed by atoms with Gasteiger partial charge in [0.25, 0.3) is 5.91 Å². The van der Waals surface area contributed by atoms with Crippen LogP contribution in [-0.2, 0) is 14.8 Å². The van der Waals surface area contributed by atoms with Gasteiger partial charge >= 0.3 is 6.09 Å². The molecule has 0 spiro atoms. The highest BCUT2D eigenvalue weighted by atomic mass is 32.2. The van der Waals surface area contributed by atoms with E-state index < -0.39 is 15.6 Å². The van der Waals surface area contributed by atoms with Crippen molar-refractivity contribution in [3.63, 3.8) is 0 Å². The molecule has 10 heteroatoms. The number of hydrogen-bond donors (Lipinski definition) is 2. The zero-order valence-electron chi connectivity index (χ0n) is 20.5. The number of pyridine rings is 1. The van der Waals surface area contributed by atoms with Crippen molar-refractivity contribution in [2.75, 3.05) is 18.4 Å². The molecule has 36 heavy (non-hydrogen) atoms. The van der Waals surface area contributed by atoms with Crippen molar-refractivity contribution < 1.29 is 22.7 Å². The van der Waals surface area contributed by atoms with Gasteiger partial charge in [-0.15, -0.1) is 0 Å². The van der Waals surface area contributed by atoms with Crippen LogP contribution in [0.2, 0.25) is 0 Å². The number of carbonyl (C=O) groups is 2. The third-order valence-electron chi connectivity index (χ3n) is 5.83. The molecule has 2 amide bonds. The van der Waals surface area contributed by atoms with E-state index in [1.165, 1.54) is 18.5 Å². The Morgan fingerprint density at radius 3 is 2.25 bits per heavy atom. The fourth-order valence-corrected chi connectivity index (χ4v) is 5.62. The number of rotatable bonds is 5. The fraction of sp³-hybridized carbons (Fsp3) is 0.346. The summed E-state index contributed by atoms with van der Waals surface area (Å²) >= 11 is 0. The van der Waals surface area contributed by atoms with E-state index in [0.717, 1.165) is 0 Å². The van der Waals surface area contributed by atoms with Crippen LogP contribution in [0.1, 0.15) is 44.0 Å². The lowest BCUT2D eigenvalue weighted by Crippen LogP contribution is -2.47. The van der Waals surface area contributed by atoms with E-state index in [1.807, 2.05) is 20.8 Å². The lowest BCUT2D eigenvalue weighted by molar-refractivity contribution is 0.0203. The Labute approximate surface area is 210 Å². The first-order valence-electron chi connectivity index (χ1n) is 11.8. The molecule has 190 valence electrons. The van der Waals surface area contributed by atoms with E-state index in [2.05, 4.69) is 15.0 Å². The largest absolute Gasteiger partial charge is 0.444 e. The van der Waals surface area contributed by atoms with Crippen molar-refractivity contribution in [2.24, 2.45) is 0 Å². The minimum absolute atomic E-state index is 0.134. The summed E-state index contributed by atoms with van der Waals surface area (Å²) in [6, 6.07) is 13.0. The van der Waals surface area contributed by atoms with Gasteiger partial charge in [-0.2, -0.15) is 0 Å². The van der Waals surface area contributed by atoms with Crippen molar-refractivity contribution >= 4 is 38.5 Å². The zero-order valence-corrected chi connectivity index (χ0v) is 21.3. The smallest absolute Gasteiger partial charge is 0.410 e. The number of amides is 2. The second-order valence-electron chi connectivity index (χ2n) is 9.71. The molecule has 1 saturated heterocycles. The highest BCUT2D eigenvalue weighted by Gasteiger charge is 2.30. The zero-order chi connectivity index (χ0) is 25.9. The van der Waals surface area contributed by atoms with Crippen molar-refractivity contribution in [2.45, 2.75) is 50.2 Å². The van der Waals surface area contributed by atoms with E-state index in [-0.39, 0.29) is 22.9 Å². The number of likely N-dealkylation sites (tertiary alicyclic amines) is 1. The van der Waals surface area contributed by atoms with Crippen LogP contribution in [0.4, 0.5) is 10.5 Å². The van der Waals surface area contributed by atoms with Gasteiger partial charge in [0.15, 0.2) is 0 Å². The van der Waals surface area contributed by atoms with E-state index >= 15 is 0 Å². The number of benzene rings is 2.